The summed E-state index contributed by atoms with van der Waals surface area (Å²) in [7, 11) is 0. The minimum atomic E-state index is -0.790. The van der Waals surface area contributed by atoms with Crippen molar-refractivity contribution < 1.29 is 13.6 Å². The van der Waals surface area contributed by atoms with Crippen LogP contribution in [-0.2, 0) is 0 Å². The van der Waals surface area contributed by atoms with Crippen molar-refractivity contribution in [2.75, 3.05) is 5.32 Å². The molecule has 0 unspecified atom stereocenters. The molecule has 0 aliphatic rings. The molecule has 0 radical (unpaired) electrons. The van der Waals surface area contributed by atoms with E-state index in [2.05, 4.69) is 10.3 Å². The fraction of sp³-hybridized carbons (Fsp3) is 0. The molecule has 2 aromatic rings. The third kappa shape index (κ3) is 2.62. The van der Waals surface area contributed by atoms with Gasteiger partial charge in [-0.25, -0.2) is 9.37 Å². The van der Waals surface area contributed by atoms with Crippen molar-refractivity contribution in [3.63, 3.8) is 0 Å². The first-order valence-corrected chi connectivity index (χ1v) is 5.33. The summed E-state index contributed by atoms with van der Waals surface area (Å²) >= 11 is 5.74. The van der Waals surface area contributed by atoms with E-state index in [4.69, 9.17) is 11.6 Å². The Labute approximate surface area is 106 Å². The molecule has 6 heteroatoms. The molecule has 1 heterocycles. The molecule has 92 valence electrons. The SMILES string of the molecule is O=C(Nc1c(F)cccc1Cl)c1cccc(F)n1. The summed E-state index contributed by atoms with van der Waals surface area (Å²) in [4.78, 5) is 15.1. The van der Waals surface area contributed by atoms with E-state index in [0.717, 1.165) is 12.1 Å². The number of amides is 1. The van der Waals surface area contributed by atoms with E-state index < -0.39 is 17.7 Å². The van der Waals surface area contributed by atoms with Crippen LogP contribution in [0.25, 0.3) is 0 Å². The van der Waals surface area contributed by atoms with Gasteiger partial charge in [0.15, 0.2) is 0 Å². The highest BCUT2D eigenvalue weighted by Gasteiger charge is 2.13. The highest BCUT2D eigenvalue weighted by Crippen LogP contribution is 2.24. The van der Waals surface area contributed by atoms with Crippen molar-refractivity contribution in [2.24, 2.45) is 0 Å². The average Bonchev–Trinajstić information content (AvgIpc) is 2.34. The summed E-state index contributed by atoms with van der Waals surface area (Å²) < 4.78 is 26.2. The second-order valence-corrected chi connectivity index (χ2v) is 3.80. The summed E-state index contributed by atoms with van der Waals surface area (Å²) in [6, 6.07) is 7.74. The minimum absolute atomic E-state index is 0.0553. The van der Waals surface area contributed by atoms with Crippen LogP contribution in [-0.4, -0.2) is 10.9 Å². The normalized spacial score (nSPS) is 10.2. The van der Waals surface area contributed by atoms with Crippen molar-refractivity contribution in [3.8, 4) is 0 Å². The number of nitrogens with zero attached hydrogens (tertiary/aromatic N) is 1. The first-order chi connectivity index (χ1) is 8.58. The number of carbonyl (C=O) groups excluding carboxylic acids is 1. The van der Waals surface area contributed by atoms with Gasteiger partial charge in [0.25, 0.3) is 5.91 Å². The van der Waals surface area contributed by atoms with Gasteiger partial charge in [0.05, 0.1) is 10.7 Å². The van der Waals surface area contributed by atoms with Crippen LogP contribution in [0.4, 0.5) is 14.5 Å². The topological polar surface area (TPSA) is 42.0 Å². The van der Waals surface area contributed by atoms with E-state index in [1.807, 2.05) is 0 Å². The van der Waals surface area contributed by atoms with Crippen LogP contribution in [0.2, 0.25) is 5.02 Å². The molecule has 0 saturated heterocycles. The zero-order valence-corrected chi connectivity index (χ0v) is 9.71. The Balaban J connectivity index is 2.27. The van der Waals surface area contributed by atoms with Gasteiger partial charge >= 0.3 is 0 Å². The van der Waals surface area contributed by atoms with Gasteiger partial charge in [-0.1, -0.05) is 23.7 Å². The maximum absolute atomic E-state index is 13.4. The van der Waals surface area contributed by atoms with Gasteiger partial charge < -0.3 is 5.32 Å². The van der Waals surface area contributed by atoms with Gasteiger partial charge in [0.1, 0.15) is 11.5 Å². The maximum Gasteiger partial charge on any atom is 0.274 e. The third-order valence-corrected chi connectivity index (χ3v) is 2.46. The number of hydrogen-bond acceptors (Lipinski definition) is 2. The molecule has 1 aromatic heterocycles. The average molecular weight is 269 g/mol. The van der Waals surface area contributed by atoms with Gasteiger partial charge in [-0.05, 0) is 24.3 Å². The Morgan fingerprint density at radius 2 is 1.89 bits per heavy atom. The summed E-state index contributed by atoms with van der Waals surface area (Å²) in [6.45, 7) is 0. The lowest BCUT2D eigenvalue weighted by molar-refractivity contribution is 0.102. The van der Waals surface area contributed by atoms with E-state index in [9.17, 15) is 13.6 Å². The fourth-order valence-electron chi connectivity index (χ4n) is 1.33. The van der Waals surface area contributed by atoms with Crippen molar-refractivity contribution in [3.05, 3.63) is 58.9 Å². The van der Waals surface area contributed by atoms with Crippen molar-refractivity contribution in [1.29, 1.82) is 0 Å². The highest BCUT2D eigenvalue weighted by atomic mass is 35.5. The van der Waals surface area contributed by atoms with Crippen molar-refractivity contribution >= 4 is 23.2 Å². The predicted molar refractivity (Wildman–Crippen MR) is 63.6 cm³/mol. The van der Waals surface area contributed by atoms with Gasteiger partial charge in [0.2, 0.25) is 5.95 Å². The van der Waals surface area contributed by atoms with E-state index in [0.29, 0.717) is 0 Å². The standard InChI is InChI=1S/C12H7ClF2N2O/c13-7-3-1-4-8(14)11(7)17-12(18)9-5-2-6-10(15)16-9/h1-6H,(H,17,18). The number of pyridine rings is 1. The van der Waals surface area contributed by atoms with Crippen LogP contribution in [0, 0.1) is 11.8 Å². The van der Waals surface area contributed by atoms with E-state index in [1.54, 1.807) is 0 Å². The molecule has 0 bridgehead atoms. The lowest BCUT2D eigenvalue weighted by Crippen LogP contribution is -2.15. The van der Waals surface area contributed by atoms with Crippen molar-refractivity contribution in [2.45, 2.75) is 0 Å². The first kappa shape index (κ1) is 12.4. The number of hydrogen-bond donors (Lipinski definition) is 1. The number of benzene rings is 1. The van der Waals surface area contributed by atoms with Crippen LogP contribution in [0.3, 0.4) is 0 Å². The molecule has 1 aromatic carbocycles. The Kier molecular flexibility index (Phi) is 3.53. The summed E-state index contributed by atoms with van der Waals surface area (Å²) in [6.07, 6.45) is 0. The molecule has 18 heavy (non-hydrogen) atoms. The Hall–Kier alpha value is -2.01. The molecule has 0 aliphatic heterocycles. The van der Waals surface area contributed by atoms with E-state index >= 15 is 0 Å². The van der Waals surface area contributed by atoms with Gasteiger partial charge in [-0.15, -0.1) is 0 Å². The Morgan fingerprint density at radius 3 is 2.56 bits per heavy atom. The highest BCUT2D eigenvalue weighted by molar-refractivity contribution is 6.33. The van der Waals surface area contributed by atoms with E-state index in [1.165, 1.54) is 24.3 Å². The number of halogens is 3. The molecule has 0 aliphatic carbocycles. The lowest BCUT2D eigenvalue weighted by Gasteiger charge is -2.07. The molecule has 1 N–H and O–H groups in total. The monoisotopic (exact) mass is 268 g/mol. The number of rotatable bonds is 2. The molecule has 2 rings (SSSR count). The van der Waals surface area contributed by atoms with Crippen molar-refractivity contribution in [1.82, 2.24) is 4.98 Å². The van der Waals surface area contributed by atoms with Crippen LogP contribution >= 0.6 is 11.6 Å². The second-order valence-electron chi connectivity index (χ2n) is 3.40. The molecule has 0 fully saturated rings. The summed E-state index contributed by atoms with van der Waals surface area (Å²) in [5.74, 6) is -2.20. The molecule has 1 amide bonds. The molecule has 0 saturated carbocycles. The van der Waals surface area contributed by atoms with Crippen LogP contribution in [0.5, 0.6) is 0 Å². The Bertz CT molecular complexity index is 584. The number of aromatic nitrogens is 1. The summed E-state index contributed by atoms with van der Waals surface area (Å²) in [5.41, 5.74) is -0.315. The van der Waals surface area contributed by atoms with Crippen LogP contribution < -0.4 is 5.32 Å². The van der Waals surface area contributed by atoms with Gasteiger partial charge in [0, 0.05) is 0 Å². The zero-order valence-electron chi connectivity index (χ0n) is 8.95. The molecule has 0 spiro atoms. The Morgan fingerprint density at radius 1 is 1.17 bits per heavy atom. The molecule has 0 atom stereocenters. The predicted octanol–water partition coefficient (Wildman–Crippen LogP) is 3.27. The van der Waals surface area contributed by atoms with E-state index in [-0.39, 0.29) is 16.4 Å². The number of nitrogens with one attached hydrogen (secondary N) is 1. The smallest absolute Gasteiger partial charge is 0.274 e. The fourth-order valence-corrected chi connectivity index (χ4v) is 1.54. The number of carbonyl (C=O) groups is 1. The van der Waals surface area contributed by atoms with Gasteiger partial charge in [-0.2, -0.15) is 4.39 Å². The second kappa shape index (κ2) is 5.10. The quantitative estimate of drug-likeness (QED) is 0.850. The van der Waals surface area contributed by atoms with Crippen LogP contribution in [0.1, 0.15) is 10.5 Å². The molecule has 3 nitrogen and oxygen atoms in total. The molecular formula is C12H7ClF2N2O. The number of anilines is 1. The largest absolute Gasteiger partial charge is 0.317 e. The molecular weight excluding hydrogens is 262 g/mol. The van der Waals surface area contributed by atoms with Crippen LogP contribution in [0.15, 0.2) is 36.4 Å². The lowest BCUT2D eigenvalue weighted by atomic mass is 10.2. The van der Waals surface area contributed by atoms with Gasteiger partial charge in [-0.3, -0.25) is 4.79 Å². The third-order valence-electron chi connectivity index (χ3n) is 2.15. The minimum Gasteiger partial charge on any atom is -0.317 e. The zero-order chi connectivity index (χ0) is 13.1. The maximum atomic E-state index is 13.4. The number of para-hydroxylation sites is 1. The first-order valence-electron chi connectivity index (χ1n) is 4.96. The summed E-state index contributed by atoms with van der Waals surface area (Å²) in [5, 5.41) is 2.30.